The highest BCUT2D eigenvalue weighted by Crippen LogP contribution is 2.39. The van der Waals surface area contributed by atoms with Gasteiger partial charge in [-0.2, -0.15) is 26.3 Å². The van der Waals surface area contributed by atoms with Crippen LogP contribution >= 0.6 is 0 Å². The number of alkyl halides is 6. The van der Waals surface area contributed by atoms with E-state index in [1.165, 1.54) is 6.07 Å². The maximum absolute atomic E-state index is 12.8. The van der Waals surface area contributed by atoms with Gasteiger partial charge in [0.1, 0.15) is 10.1 Å². The minimum absolute atomic E-state index is 0.0855. The predicted molar refractivity (Wildman–Crippen MR) is 69.8 cm³/mol. The average Bonchev–Trinajstić information content (AvgIpc) is 2.44. The summed E-state index contributed by atoms with van der Waals surface area (Å²) in [5.41, 5.74) is -4.42. The van der Waals surface area contributed by atoms with E-state index in [1.807, 2.05) is 0 Å². The summed E-state index contributed by atoms with van der Waals surface area (Å²) in [7, 11) is -5.09. The third-order valence-electron chi connectivity index (χ3n) is 3.06. The van der Waals surface area contributed by atoms with Crippen LogP contribution in [-0.4, -0.2) is 13.0 Å². The molecule has 0 radical (unpaired) electrons. The van der Waals surface area contributed by atoms with Crippen LogP contribution in [-0.2, 0) is 22.5 Å². The molecule has 0 aliphatic heterocycles. The standard InChI is InChI=1S/C14H8F6O3S/c15-13(16,17)9-5-8(6-10(7-9)14(18,19)20)11-3-1-2-4-12(11)24(21,22)23/h1-7H,(H,21,22,23)/p-1. The van der Waals surface area contributed by atoms with E-state index in [1.54, 1.807) is 0 Å². The lowest BCUT2D eigenvalue weighted by atomic mass is 9.99. The maximum Gasteiger partial charge on any atom is 0.416 e. The predicted octanol–water partition coefficient (Wildman–Crippen LogP) is 4.30. The first-order chi connectivity index (χ1) is 10.8. The molecule has 0 atom stereocenters. The Morgan fingerprint density at radius 2 is 1.25 bits per heavy atom. The van der Waals surface area contributed by atoms with E-state index in [2.05, 4.69) is 0 Å². The zero-order valence-corrected chi connectivity index (χ0v) is 12.3. The number of hydrogen-bond acceptors (Lipinski definition) is 3. The summed E-state index contributed by atoms with van der Waals surface area (Å²) < 4.78 is 111. The van der Waals surface area contributed by atoms with Crippen molar-refractivity contribution in [3.63, 3.8) is 0 Å². The summed E-state index contributed by atoms with van der Waals surface area (Å²) in [4.78, 5) is -0.905. The van der Waals surface area contributed by atoms with Gasteiger partial charge in [0.05, 0.1) is 16.0 Å². The Morgan fingerprint density at radius 1 is 0.792 bits per heavy atom. The Kier molecular flexibility index (Phi) is 4.40. The zero-order valence-electron chi connectivity index (χ0n) is 11.4. The van der Waals surface area contributed by atoms with E-state index < -0.39 is 49.6 Å². The molecule has 2 aromatic rings. The summed E-state index contributed by atoms with van der Waals surface area (Å²) in [6.07, 6.45) is -10.2. The van der Waals surface area contributed by atoms with Crippen molar-refractivity contribution >= 4 is 10.1 Å². The van der Waals surface area contributed by atoms with Crippen LogP contribution in [0.1, 0.15) is 11.1 Å². The Morgan fingerprint density at radius 3 is 1.67 bits per heavy atom. The lowest BCUT2D eigenvalue weighted by Gasteiger charge is -2.17. The molecular weight excluding hydrogens is 362 g/mol. The Bertz CT molecular complexity index is 837. The van der Waals surface area contributed by atoms with Gasteiger partial charge in [0.25, 0.3) is 0 Å². The molecule has 0 spiro atoms. The van der Waals surface area contributed by atoms with Gasteiger partial charge in [-0.15, -0.1) is 0 Å². The van der Waals surface area contributed by atoms with E-state index in [0.29, 0.717) is 12.1 Å². The van der Waals surface area contributed by atoms with Crippen molar-refractivity contribution in [1.82, 2.24) is 0 Å². The number of halogens is 6. The highest BCUT2D eigenvalue weighted by molar-refractivity contribution is 7.85. The Balaban J connectivity index is 2.81. The van der Waals surface area contributed by atoms with Gasteiger partial charge in [-0.05, 0) is 35.4 Å². The van der Waals surface area contributed by atoms with Crippen molar-refractivity contribution < 1.29 is 39.3 Å². The molecule has 0 heterocycles. The minimum atomic E-state index is -5.09. The molecule has 24 heavy (non-hydrogen) atoms. The Labute approximate surface area is 132 Å². The van der Waals surface area contributed by atoms with Crippen LogP contribution in [0, 0.1) is 0 Å². The van der Waals surface area contributed by atoms with Crippen LogP contribution in [0.5, 0.6) is 0 Å². The molecule has 0 aliphatic rings. The largest absolute Gasteiger partial charge is 0.744 e. The summed E-state index contributed by atoms with van der Waals surface area (Å²) in [5.74, 6) is 0. The molecule has 0 amide bonds. The van der Waals surface area contributed by atoms with Gasteiger partial charge in [-0.25, -0.2) is 8.42 Å². The fourth-order valence-electron chi connectivity index (χ4n) is 2.03. The summed E-state index contributed by atoms with van der Waals surface area (Å²) >= 11 is 0. The van der Waals surface area contributed by atoms with E-state index in [-0.39, 0.29) is 6.07 Å². The third kappa shape index (κ3) is 3.88. The van der Waals surface area contributed by atoms with E-state index in [4.69, 9.17) is 0 Å². The summed E-state index contributed by atoms with van der Waals surface area (Å²) in [6, 6.07) is 4.73. The molecule has 2 rings (SSSR count). The topological polar surface area (TPSA) is 57.2 Å². The molecule has 0 saturated heterocycles. The molecule has 130 valence electrons. The first-order valence-corrected chi connectivity index (χ1v) is 7.56. The second-order valence-corrected chi connectivity index (χ2v) is 6.09. The van der Waals surface area contributed by atoms with Crippen LogP contribution in [0.2, 0.25) is 0 Å². The highest BCUT2D eigenvalue weighted by Gasteiger charge is 2.37. The van der Waals surface area contributed by atoms with Gasteiger partial charge >= 0.3 is 12.4 Å². The molecule has 0 fully saturated rings. The van der Waals surface area contributed by atoms with Crippen LogP contribution in [0.3, 0.4) is 0 Å². The lowest BCUT2D eigenvalue weighted by molar-refractivity contribution is -0.143. The maximum atomic E-state index is 12.8. The quantitative estimate of drug-likeness (QED) is 0.586. The second kappa shape index (κ2) is 5.78. The minimum Gasteiger partial charge on any atom is -0.744 e. The fraction of sp³-hybridized carbons (Fsp3) is 0.143. The molecule has 0 unspecified atom stereocenters. The summed E-state index contributed by atoms with van der Waals surface area (Å²) in [5, 5.41) is 0. The van der Waals surface area contributed by atoms with Gasteiger partial charge in [0, 0.05) is 0 Å². The number of hydrogen-bond donors (Lipinski definition) is 0. The van der Waals surface area contributed by atoms with Crippen LogP contribution in [0.25, 0.3) is 11.1 Å². The number of rotatable bonds is 2. The van der Waals surface area contributed by atoms with Crippen LogP contribution < -0.4 is 0 Å². The van der Waals surface area contributed by atoms with E-state index in [9.17, 15) is 39.3 Å². The molecule has 0 bridgehead atoms. The first-order valence-electron chi connectivity index (χ1n) is 6.15. The highest BCUT2D eigenvalue weighted by atomic mass is 32.2. The van der Waals surface area contributed by atoms with Crippen molar-refractivity contribution in [2.24, 2.45) is 0 Å². The molecule has 0 saturated carbocycles. The molecular formula is C14H7F6O3S-. The van der Waals surface area contributed by atoms with Gasteiger partial charge < -0.3 is 4.55 Å². The van der Waals surface area contributed by atoms with Gasteiger partial charge in [0.15, 0.2) is 0 Å². The van der Waals surface area contributed by atoms with E-state index >= 15 is 0 Å². The smallest absolute Gasteiger partial charge is 0.416 e. The number of benzene rings is 2. The third-order valence-corrected chi connectivity index (χ3v) is 3.95. The first kappa shape index (κ1) is 18.3. The lowest BCUT2D eigenvalue weighted by Crippen LogP contribution is -2.11. The van der Waals surface area contributed by atoms with Crippen molar-refractivity contribution in [3.8, 4) is 11.1 Å². The second-order valence-electron chi connectivity index (χ2n) is 4.74. The van der Waals surface area contributed by atoms with Crippen LogP contribution in [0.4, 0.5) is 26.3 Å². The van der Waals surface area contributed by atoms with Gasteiger partial charge in [-0.3, -0.25) is 0 Å². The molecule has 0 aromatic heterocycles. The van der Waals surface area contributed by atoms with Crippen molar-refractivity contribution in [3.05, 3.63) is 53.6 Å². The fourth-order valence-corrected chi connectivity index (χ4v) is 2.73. The normalized spacial score (nSPS) is 13.1. The van der Waals surface area contributed by atoms with Crippen LogP contribution in [0.15, 0.2) is 47.4 Å². The molecule has 0 N–H and O–H groups in total. The van der Waals surface area contributed by atoms with Gasteiger partial charge in [-0.1, -0.05) is 18.2 Å². The van der Waals surface area contributed by atoms with E-state index in [0.717, 1.165) is 18.2 Å². The zero-order chi connectivity index (χ0) is 18.3. The monoisotopic (exact) mass is 369 g/mol. The van der Waals surface area contributed by atoms with Crippen molar-refractivity contribution in [2.45, 2.75) is 17.2 Å². The molecule has 10 heteroatoms. The molecule has 0 aliphatic carbocycles. The average molecular weight is 369 g/mol. The van der Waals surface area contributed by atoms with Gasteiger partial charge in [0.2, 0.25) is 0 Å². The van der Waals surface area contributed by atoms with Crippen molar-refractivity contribution in [1.29, 1.82) is 0 Å². The molecule has 2 aromatic carbocycles. The summed E-state index contributed by atoms with van der Waals surface area (Å²) in [6.45, 7) is 0. The SMILES string of the molecule is O=S(=O)([O-])c1ccccc1-c1cc(C(F)(F)F)cc(C(F)(F)F)c1. The molecule has 3 nitrogen and oxygen atoms in total. The Hall–Kier alpha value is -2.07. The van der Waals surface area contributed by atoms with Crippen molar-refractivity contribution in [2.75, 3.05) is 0 Å².